The smallest absolute Gasteiger partial charge is 0.308 e. The number of aliphatic carboxylic acids is 1. The molecule has 1 N–H and O–H groups in total. The Morgan fingerprint density at radius 3 is 3.00 bits per heavy atom. The maximum absolute atomic E-state index is 11.7. The van der Waals surface area contributed by atoms with Crippen molar-refractivity contribution < 1.29 is 14.7 Å². The van der Waals surface area contributed by atoms with Gasteiger partial charge in [0.15, 0.2) is 0 Å². The lowest BCUT2D eigenvalue weighted by Gasteiger charge is -2.16. The molecule has 1 aliphatic heterocycles. The lowest BCUT2D eigenvalue weighted by molar-refractivity contribution is -0.141. The molecule has 2 heterocycles. The fourth-order valence-corrected chi connectivity index (χ4v) is 2.20. The third kappa shape index (κ3) is 2.52. The van der Waals surface area contributed by atoms with Gasteiger partial charge in [-0.1, -0.05) is 6.92 Å². The molecule has 18 heavy (non-hydrogen) atoms. The van der Waals surface area contributed by atoms with Crippen molar-refractivity contribution in [3.8, 4) is 0 Å². The summed E-state index contributed by atoms with van der Waals surface area (Å²) < 4.78 is 2.00. The van der Waals surface area contributed by atoms with E-state index in [1.807, 2.05) is 10.8 Å². The average molecular weight is 251 g/mol. The molecule has 6 nitrogen and oxygen atoms in total. The first-order valence-corrected chi connectivity index (χ1v) is 6.12. The van der Waals surface area contributed by atoms with Crippen LogP contribution in [0.2, 0.25) is 0 Å². The number of carboxylic acid groups (broad SMARTS) is 1. The number of aryl methyl sites for hydroxylation is 1. The highest BCUT2D eigenvalue weighted by Gasteiger charge is 2.34. The van der Waals surface area contributed by atoms with Crippen LogP contribution in [0, 0.1) is 5.92 Å². The summed E-state index contributed by atoms with van der Waals surface area (Å²) in [5.41, 5.74) is 0. The van der Waals surface area contributed by atoms with Crippen LogP contribution < -0.4 is 0 Å². The van der Waals surface area contributed by atoms with Crippen molar-refractivity contribution in [1.29, 1.82) is 0 Å². The quantitative estimate of drug-likeness (QED) is 0.837. The molecule has 6 heteroatoms. The van der Waals surface area contributed by atoms with E-state index in [0.29, 0.717) is 6.54 Å². The number of amides is 1. The molecule has 0 saturated carbocycles. The van der Waals surface area contributed by atoms with Crippen LogP contribution in [0.15, 0.2) is 12.4 Å². The highest BCUT2D eigenvalue weighted by Crippen LogP contribution is 2.19. The Kier molecular flexibility index (Phi) is 3.64. The predicted molar refractivity (Wildman–Crippen MR) is 63.7 cm³/mol. The molecular formula is C12H17N3O3. The molecule has 1 atom stereocenters. The van der Waals surface area contributed by atoms with Gasteiger partial charge in [-0.05, 0) is 6.42 Å². The molecule has 0 spiro atoms. The molecule has 98 valence electrons. The molecule has 0 bridgehead atoms. The fraction of sp³-hybridized carbons (Fsp3) is 0.583. The molecule has 1 aromatic heterocycles. The van der Waals surface area contributed by atoms with Crippen LogP contribution in [-0.4, -0.2) is 38.0 Å². The number of carbonyl (C=O) groups is 2. The zero-order chi connectivity index (χ0) is 13.1. The van der Waals surface area contributed by atoms with Gasteiger partial charge >= 0.3 is 5.97 Å². The maximum atomic E-state index is 11.7. The minimum Gasteiger partial charge on any atom is -0.481 e. The van der Waals surface area contributed by atoms with Crippen LogP contribution in [0.1, 0.15) is 25.6 Å². The SMILES string of the molecule is CCCn1ccnc1CN1C[C@H](C(=O)O)CC1=O. The largest absolute Gasteiger partial charge is 0.481 e. The van der Waals surface area contributed by atoms with E-state index >= 15 is 0 Å². The van der Waals surface area contributed by atoms with Gasteiger partial charge in [0.1, 0.15) is 5.82 Å². The highest BCUT2D eigenvalue weighted by atomic mass is 16.4. The van der Waals surface area contributed by atoms with Crippen LogP contribution in [0.25, 0.3) is 0 Å². The van der Waals surface area contributed by atoms with Crippen LogP contribution in [-0.2, 0) is 22.7 Å². The zero-order valence-electron chi connectivity index (χ0n) is 10.4. The predicted octanol–water partition coefficient (Wildman–Crippen LogP) is 0.726. The minimum absolute atomic E-state index is 0.101. The van der Waals surface area contributed by atoms with E-state index in [2.05, 4.69) is 11.9 Å². The summed E-state index contributed by atoms with van der Waals surface area (Å²) in [6, 6.07) is 0. The number of nitrogens with zero attached hydrogens (tertiary/aromatic N) is 3. The zero-order valence-corrected chi connectivity index (χ0v) is 10.4. The number of hydrogen-bond donors (Lipinski definition) is 1. The van der Waals surface area contributed by atoms with Gasteiger partial charge in [-0.15, -0.1) is 0 Å². The Labute approximate surface area is 105 Å². The number of likely N-dealkylation sites (tertiary alicyclic amines) is 1. The van der Waals surface area contributed by atoms with Crippen LogP contribution >= 0.6 is 0 Å². The summed E-state index contributed by atoms with van der Waals surface area (Å²) in [5.74, 6) is -0.764. The number of hydrogen-bond acceptors (Lipinski definition) is 3. The van der Waals surface area contributed by atoms with Crippen LogP contribution in [0.3, 0.4) is 0 Å². The second-order valence-electron chi connectivity index (χ2n) is 4.55. The summed E-state index contributed by atoms with van der Waals surface area (Å²) in [4.78, 5) is 28.4. The summed E-state index contributed by atoms with van der Waals surface area (Å²) >= 11 is 0. The Balaban J connectivity index is 2.03. The third-order valence-electron chi connectivity index (χ3n) is 3.16. The summed E-state index contributed by atoms with van der Waals surface area (Å²) in [6.45, 7) is 3.62. The normalized spacial score (nSPS) is 19.5. The van der Waals surface area contributed by atoms with Gasteiger partial charge in [-0.3, -0.25) is 9.59 Å². The molecular weight excluding hydrogens is 234 g/mol. The van der Waals surface area contributed by atoms with Gasteiger partial charge in [0.25, 0.3) is 0 Å². The van der Waals surface area contributed by atoms with Crippen molar-refractivity contribution in [2.45, 2.75) is 32.9 Å². The number of aromatic nitrogens is 2. The molecule has 0 aliphatic carbocycles. The van der Waals surface area contributed by atoms with Crippen molar-refractivity contribution in [3.63, 3.8) is 0 Å². The molecule has 1 aromatic rings. The Morgan fingerprint density at radius 1 is 1.61 bits per heavy atom. The van der Waals surface area contributed by atoms with Crippen molar-refractivity contribution in [2.75, 3.05) is 6.54 Å². The topological polar surface area (TPSA) is 75.4 Å². The first-order chi connectivity index (χ1) is 8.61. The second-order valence-corrected chi connectivity index (χ2v) is 4.55. The van der Waals surface area contributed by atoms with E-state index in [9.17, 15) is 9.59 Å². The van der Waals surface area contributed by atoms with Crippen molar-refractivity contribution in [3.05, 3.63) is 18.2 Å². The molecule has 0 aromatic carbocycles. The Hall–Kier alpha value is -1.85. The Morgan fingerprint density at radius 2 is 2.39 bits per heavy atom. The Bertz CT molecular complexity index is 455. The van der Waals surface area contributed by atoms with E-state index in [4.69, 9.17) is 5.11 Å². The monoisotopic (exact) mass is 251 g/mol. The number of carboxylic acids is 1. The molecule has 2 rings (SSSR count). The van der Waals surface area contributed by atoms with E-state index in [-0.39, 0.29) is 18.9 Å². The van der Waals surface area contributed by atoms with Crippen molar-refractivity contribution >= 4 is 11.9 Å². The molecule has 1 fully saturated rings. The van der Waals surface area contributed by atoms with Gasteiger partial charge < -0.3 is 14.6 Å². The lowest BCUT2D eigenvalue weighted by atomic mass is 10.1. The van der Waals surface area contributed by atoms with Gasteiger partial charge in [0.2, 0.25) is 5.91 Å². The fourth-order valence-electron chi connectivity index (χ4n) is 2.20. The van der Waals surface area contributed by atoms with E-state index in [0.717, 1.165) is 18.8 Å². The number of carbonyl (C=O) groups excluding carboxylic acids is 1. The third-order valence-corrected chi connectivity index (χ3v) is 3.16. The van der Waals surface area contributed by atoms with Crippen LogP contribution in [0.5, 0.6) is 0 Å². The van der Waals surface area contributed by atoms with Crippen molar-refractivity contribution in [2.24, 2.45) is 5.92 Å². The van der Waals surface area contributed by atoms with Gasteiger partial charge in [0.05, 0.1) is 12.5 Å². The van der Waals surface area contributed by atoms with Crippen molar-refractivity contribution in [1.82, 2.24) is 14.5 Å². The minimum atomic E-state index is -0.900. The number of imidazole rings is 1. The number of rotatable bonds is 5. The second kappa shape index (κ2) is 5.20. The molecule has 1 saturated heterocycles. The molecule has 1 amide bonds. The van der Waals surface area contributed by atoms with E-state index in [1.165, 1.54) is 0 Å². The highest BCUT2D eigenvalue weighted by molar-refractivity contribution is 5.85. The molecule has 1 aliphatic rings. The first kappa shape index (κ1) is 12.6. The molecule has 0 radical (unpaired) electrons. The summed E-state index contributed by atoms with van der Waals surface area (Å²) in [6.07, 6.45) is 4.69. The van der Waals surface area contributed by atoms with Crippen LogP contribution in [0.4, 0.5) is 0 Å². The lowest BCUT2D eigenvalue weighted by Crippen LogP contribution is -2.27. The average Bonchev–Trinajstić information content (AvgIpc) is 2.89. The standard InChI is InChI=1S/C12H17N3O3/c1-2-4-14-5-3-13-10(14)8-15-7-9(12(17)18)6-11(15)16/h3,5,9H,2,4,6-8H2,1H3,(H,17,18)/t9-/m1/s1. The van der Waals surface area contributed by atoms with E-state index in [1.54, 1.807) is 11.1 Å². The first-order valence-electron chi connectivity index (χ1n) is 6.12. The van der Waals surface area contributed by atoms with E-state index < -0.39 is 11.9 Å². The van der Waals surface area contributed by atoms with Gasteiger partial charge in [-0.2, -0.15) is 0 Å². The summed E-state index contributed by atoms with van der Waals surface area (Å²) in [5, 5.41) is 8.91. The summed E-state index contributed by atoms with van der Waals surface area (Å²) in [7, 11) is 0. The van der Waals surface area contributed by atoms with Gasteiger partial charge in [0, 0.05) is 31.9 Å². The molecule has 0 unspecified atom stereocenters. The maximum Gasteiger partial charge on any atom is 0.308 e. The van der Waals surface area contributed by atoms with Gasteiger partial charge in [-0.25, -0.2) is 4.98 Å².